The Labute approximate surface area is 159 Å². The molecule has 2 aromatic heterocycles. The van der Waals surface area contributed by atoms with Gasteiger partial charge in [0.1, 0.15) is 17.0 Å². The summed E-state index contributed by atoms with van der Waals surface area (Å²) in [5.74, 6) is 4.67. The van der Waals surface area contributed by atoms with Crippen LogP contribution < -0.4 is 4.74 Å². The summed E-state index contributed by atoms with van der Waals surface area (Å²) in [5, 5.41) is 1.17. The molecule has 0 unspecified atom stereocenters. The molecule has 4 bridgehead atoms. The number of fused-ring (bicyclic) bond motifs is 2. The van der Waals surface area contributed by atoms with E-state index in [2.05, 4.69) is 40.3 Å². The van der Waals surface area contributed by atoms with Crippen LogP contribution in [0, 0.1) is 23.7 Å². The summed E-state index contributed by atoms with van der Waals surface area (Å²) in [7, 11) is 0. The highest BCUT2D eigenvalue weighted by Crippen LogP contribution is 2.62. The van der Waals surface area contributed by atoms with Crippen molar-refractivity contribution in [1.82, 2.24) is 9.97 Å². The van der Waals surface area contributed by atoms with Gasteiger partial charge in [-0.15, -0.1) is 0 Å². The predicted octanol–water partition coefficient (Wildman–Crippen LogP) is 5.36. The Morgan fingerprint density at radius 2 is 1.74 bits per heavy atom. The van der Waals surface area contributed by atoms with E-state index in [0.29, 0.717) is 0 Å². The van der Waals surface area contributed by atoms with Crippen molar-refractivity contribution in [1.29, 1.82) is 0 Å². The first-order valence-electron chi connectivity index (χ1n) is 10.5. The molecule has 4 fully saturated rings. The van der Waals surface area contributed by atoms with Gasteiger partial charge in [0.15, 0.2) is 0 Å². The molecule has 1 aliphatic heterocycles. The first-order valence-corrected chi connectivity index (χ1v) is 10.5. The van der Waals surface area contributed by atoms with Crippen molar-refractivity contribution >= 4 is 11.0 Å². The highest BCUT2D eigenvalue weighted by atomic mass is 16.5. The Hall–Kier alpha value is -2.29. The maximum Gasteiger partial charge on any atom is 0.137 e. The smallest absolute Gasteiger partial charge is 0.137 e. The molecule has 0 saturated heterocycles. The maximum atomic E-state index is 6.80. The summed E-state index contributed by atoms with van der Waals surface area (Å²) < 4.78 is 6.80. The molecule has 4 saturated carbocycles. The number of H-pyrrole nitrogens is 1. The van der Waals surface area contributed by atoms with Gasteiger partial charge in [0, 0.05) is 29.8 Å². The van der Waals surface area contributed by atoms with E-state index >= 15 is 0 Å². The molecule has 0 atom stereocenters. The van der Waals surface area contributed by atoms with Crippen LogP contribution >= 0.6 is 0 Å². The molecule has 4 aliphatic carbocycles. The van der Waals surface area contributed by atoms with E-state index in [0.717, 1.165) is 41.5 Å². The van der Waals surface area contributed by atoms with Crippen molar-refractivity contribution in [3.05, 3.63) is 48.3 Å². The van der Waals surface area contributed by atoms with Crippen LogP contribution in [0.2, 0.25) is 0 Å². The number of rotatable bonds is 1. The molecule has 1 aromatic carbocycles. The first-order chi connectivity index (χ1) is 13.3. The first kappa shape index (κ1) is 14.7. The van der Waals surface area contributed by atoms with Crippen molar-refractivity contribution in [2.24, 2.45) is 23.7 Å². The molecular weight excluding hydrogens is 332 g/mol. The molecule has 27 heavy (non-hydrogen) atoms. The molecule has 3 heterocycles. The minimum Gasteiger partial charge on any atom is -0.486 e. The summed E-state index contributed by atoms with van der Waals surface area (Å²) >= 11 is 0. The van der Waals surface area contributed by atoms with Gasteiger partial charge in [0.05, 0.1) is 0 Å². The van der Waals surface area contributed by atoms with Crippen molar-refractivity contribution in [3.8, 4) is 16.9 Å². The number of hydrogen-bond donors (Lipinski definition) is 1. The zero-order valence-electron chi connectivity index (χ0n) is 15.4. The molecule has 1 N–H and O–H groups in total. The van der Waals surface area contributed by atoms with Gasteiger partial charge in [0.2, 0.25) is 0 Å². The lowest BCUT2D eigenvalue weighted by Gasteiger charge is -2.59. The lowest BCUT2D eigenvalue weighted by molar-refractivity contribution is -0.145. The van der Waals surface area contributed by atoms with E-state index in [1.54, 1.807) is 0 Å². The number of hydrogen-bond acceptors (Lipinski definition) is 2. The summed E-state index contributed by atoms with van der Waals surface area (Å²) in [4.78, 5) is 7.74. The normalized spacial score (nSPS) is 35.7. The lowest BCUT2D eigenvalue weighted by atomic mass is 9.49. The van der Waals surface area contributed by atoms with Crippen molar-refractivity contribution < 1.29 is 4.74 Å². The molecule has 3 aromatic rings. The van der Waals surface area contributed by atoms with E-state index in [9.17, 15) is 0 Å². The largest absolute Gasteiger partial charge is 0.486 e. The molecular formula is C24H24N2O. The third-order valence-corrected chi connectivity index (χ3v) is 8.08. The van der Waals surface area contributed by atoms with Gasteiger partial charge < -0.3 is 9.72 Å². The minimum absolute atomic E-state index is 0.108. The van der Waals surface area contributed by atoms with Gasteiger partial charge in [-0.2, -0.15) is 0 Å². The van der Waals surface area contributed by atoms with Crippen LogP contribution in [-0.2, 0) is 6.42 Å². The fraction of sp³-hybridized carbons (Fsp3) is 0.458. The number of ether oxygens (including phenoxy) is 1. The van der Waals surface area contributed by atoms with Crippen molar-refractivity contribution in [2.75, 3.05) is 0 Å². The van der Waals surface area contributed by atoms with Gasteiger partial charge in [0.25, 0.3) is 0 Å². The van der Waals surface area contributed by atoms with E-state index in [-0.39, 0.29) is 5.60 Å². The molecule has 8 rings (SSSR count). The second-order valence-corrected chi connectivity index (χ2v) is 9.50. The van der Waals surface area contributed by atoms with Crippen LogP contribution in [0.3, 0.4) is 0 Å². The van der Waals surface area contributed by atoms with Gasteiger partial charge in [-0.3, -0.25) is 0 Å². The fourth-order valence-corrected chi connectivity index (χ4v) is 7.07. The predicted molar refractivity (Wildman–Crippen MR) is 106 cm³/mol. The van der Waals surface area contributed by atoms with E-state index in [1.165, 1.54) is 54.2 Å². The Balaban J connectivity index is 1.27. The molecule has 0 amide bonds. The molecule has 136 valence electrons. The van der Waals surface area contributed by atoms with Crippen LogP contribution in [0.5, 0.6) is 5.75 Å². The van der Waals surface area contributed by atoms with Crippen LogP contribution in [0.15, 0.2) is 42.7 Å². The molecule has 0 radical (unpaired) electrons. The molecule has 3 heteroatoms. The quantitative estimate of drug-likeness (QED) is 0.637. The van der Waals surface area contributed by atoms with Crippen LogP contribution in [-0.4, -0.2) is 15.6 Å². The Bertz CT molecular complexity index is 1040. The minimum atomic E-state index is 0.108. The van der Waals surface area contributed by atoms with E-state index in [4.69, 9.17) is 4.74 Å². The Morgan fingerprint density at radius 1 is 0.926 bits per heavy atom. The van der Waals surface area contributed by atoms with Crippen molar-refractivity contribution in [3.63, 3.8) is 0 Å². The zero-order valence-corrected chi connectivity index (χ0v) is 15.4. The highest BCUT2D eigenvalue weighted by Gasteiger charge is 2.60. The molecule has 3 nitrogen and oxygen atoms in total. The summed E-state index contributed by atoms with van der Waals surface area (Å²) in [6.45, 7) is 0. The van der Waals surface area contributed by atoms with Crippen LogP contribution in [0.25, 0.3) is 22.2 Å². The Kier molecular flexibility index (Phi) is 2.70. The SMILES string of the molecule is c1cc2cc(-c3ccc4c(c3)CC3(O4)C4CC5CC(C4)CC3C5)cnc2[nH]1. The number of pyridine rings is 1. The molecule has 5 aliphatic rings. The highest BCUT2D eigenvalue weighted by molar-refractivity contribution is 5.81. The summed E-state index contributed by atoms with van der Waals surface area (Å²) in [5.41, 5.74) is 4.92. The average molecular weight is 356 g/mol. The van der Waals surface area contributed by atoms with Gasteiger partial charge >= 0.3 is 0 Å². The number of aromatic nitrogens is 2. The van der Waals surface area contributed by atoms with Gasteiger partial charge in [-0.25, -0.2) is 4.98 Å². The Morgan fingerprint density at radius 3 is 2.56 bits per heavy atom. The van der Waals surface area contributed by atoms with E-state index < -0.39 is 0 Å². The molecule has 1 spiro atoms. The van der Waals surface area contributed by atoms with E-state index in [1.807, 2.05) is 12.4 Å². The van der Waals surface area contributed by atoms with Crippen molar-refractivity contribution in [2.45, 2.75) is 44.1 Å². The number of nitrogens with zero attached hydrogens (tertiary/aromatic N) is 1. The van der Waals surface area contributed by atoms with Crippen LogP contribution in [0.1, 0.15) is 37.7 Å². The maximum absolute atomic E-state index is 6.80. The fourth-order valence-electron chi connectivity index (χ4n) is 7.07. The number of nitrogens with one attached hydrogen (secondary N) is 1. The average Bonchev–Trinajstić information content (AvgIpc) is 3.29. The summed E-state index contributed by atoms with van der Waals surface area (Å²) in [6, 6.07) is 11.1. The zero-order chi connectivity index (χ0) is 17.6. The van der Waals surface area contributed by atoms with Crippen LogP contribution in [0.4, 0.5) is 0 Å². The third kappa shape index (κ3) is 1.95. The topological polar surface area (TPSA) is 37.9 Å². The van der Waals surface area contributed by atoms with Gasteiger partial charge in [-0.05, 0) is 91.2 Å². The lowest BCUT2D eigenvalue weighted by Crippen LogP contribution is -2.60. The monoisotopic (exact) mass is 356 g/mol. The van der Waals surface area contributed by atoms with Gasteiger partial charge in [-0.1, -0.05) is 6.07 Å². The number of aromatic amines is 1. The number of benzene rings is 1. The summed E-state index contributed by atoms with van der Waals surface area (Å²) in [6.07, 6.45) is 12.2. The second-order valence-electron chi connectivity index (χ2n) is 9.50. The third-order valence-electron chi connectivity index (χ3n) is 8.08. The second kappa shape index (κ2) is 4.95. The standard InChI is InChI=1S/C24H24N2O/c1-2-22-18(10-16(1)19-11-17-3-4-25-23(17)26-13-19)12-24(27-22)20-6-14-5-15(8-20)9-21(24)7-14/h1-4,10-11,13-15,20-21H,5-9,12H2,(H,25,26).